The summed E-state index contributed by atoms with van der Waals surface area (Å²) in [6.07, 6.45) is 1.23. The van der Waals surface area contributed by atoms with E-state index in [0.717, 1.165) is 13.1 Å². The highest BCUT2D eigenvalue weighted by Gasteiger charge is 2.50. The van der Waals surface area contributed by atoms with E-state index in [1.807, 2.05) is 0 Å². The number of amides is 1. The summed E-state index contributed by atoms with van der Waals surface area (Å²) in [5.41, 5.74) is 0.552. The highest BCUT2D eigenvalue weighted by Crippen LogP contribution is 2.42. The third-order valence-corrected chi connectivity index (χ3v) is 5.63. The molecule has 152 valence electrons. The number of nitrogens with one attached hydrogen (secondary N) is 1. The molecule has 0 radical (unpaired) electrons. The molecule has 1 aromatic carbocycles. The van der Waals surface area contributed by atoms with Crippen LogP contribution in [0.1, 0.15) is 33.6 Å². The molecule has 0 aromatic heterocycles. The largest absolute Gasteiger partial charge is 0.493 e. The molecule has 1 N–H and O–H groups in total. The molecule has 2 aliphatic rings. The van der Waals surface area contributed by atoms with Crippen LogP contribution in [0.3, 0.4) is 0 Å². The average Bonchev–Trinajstić information content (AvgIpc) is 2.91. The van der Waals surface area contributed by atoms with Gasteiger partial charge in [-0.25, -0.2) is 4.79 Å². The first-order chi connectivity index (χ1) is 13.3. The van der Waals surface area contributed by atoms with Gasteiger partial charge in [-0.05, 0) is 32.9 Å². The third-order valence-electron chi connectivity index (χ3n) is 5.63. The van der Waals surface area contributed by atoms with Crippen molar-refractivity contribution in [1.82, 2.24) is 4.90 Å². The predicted octanol–water partition coefficient (Wildman–Crippen LogP) is 2.76. The Balaban J connectivity index is 1.84. The molecule has 0 aliphatic carbocycles. The van der Waals surface area contributed by atoms with Crippen molar-refractivity contribution in [3.63, 3.8) is 0 Å². The molecule has 1 spiro atoms. The molecule has 7 nitrogen and oxygen atoms in total. The van der Waals surface area contributed by atoms with Crippen LogP contribution < -0.4 is 14.8 Å². The minimum absolute atomic E-state index is 0.312. The first-order valence-electron chi connectivity index (χ1n) is 9.53. The highest BCUT2D eigenvalue weighted by molar-refractivity contribution is 6.12. The topological polar surface area (TPSA) is 77.1 Å². The van der Waals surface area contributed by atoms with Gasteiger partial charge in [0.25, 0.3) is 5.91 Å². The van der Waals surface area contributed by atoms with E-state index < -0.39 is 11.6 Å². The summed E-state index contributed by atoms with van der Waals surface area (Å²) in [7, 11) is 3.09. The number of anilines is 1. The number of carbonyl (C=O) groups is 2. The molecule has 0 saturated carbocycles. The van der Waals surface area contributed by atoms with Crippen molar-refractivity contribution >= 4 is 17.6 Å². The second kappa shape index (κ2) is 7.83. The van der Waals surface area contributed by atoms with Crippen LogP contribution >= 0.6 is 0 Å². The Morgan fingerprint density at radius 3 is 2.39 bits per heavy atom. The first kappa shape index (κ1) is 20.2. The van der Waals surface area contributed by atoms with E-state index in [-0.39, 0.29) is 5.91 Å². The number of hydrogen-bond donors (Lipinski definition) is 1. The number of ether oxygens (including phenoxy) is 3. The summed E-state index contributed by atoms with van der Waals surface area (Å²) < 4.78 is 16.3. The molecule has 0 bridgehead atoms. The summed E-state index contributed by atoms with van der Waals surface area (Å²) >= 11 is 0. The zero-order valence-corrected chi connectivity index (χ0v) is 17.1. The monoisotopic (exact) mass is 388 g/mol. The Bertz CT molecular complexity index is 807. The number of benzene rings is 1. The SMILES string of the molecule is COc1ccc(NC(=O)C2=C(C)C(=O)OC23CCN(C(C)C)CC3)cc1OC. The quantitative estimate of drug-likeness (QED) is 0.782. The van der Waals surface area contributed by atoms with Crippen molar-refractivity contribution in [2.24, 2.45) is 0 Å². The van der Waals surface area contributed by atoms with E-state index in [0.29, 0.717) is 47.2 Å². The lowest BCUT2D eigenvalue weighted by Gasteiger charge is -2.40. The number of hydrogen-bond acceptors (Lipinski definition) is 6. The van der Waals surface area contributed by atoms with Crippen molar-refractivity contribution in [2.75, 3.05) is 32.6 Å². The number of carbonyl (C=O) groups excluding carboxylic acids is 2. The Morgan fingerprint density at radius 1 is 1.18 bits per heavy atom. The number of nitrogens with zero attached hydrogens (tertiary/aromatic N) is 1. The van der Waals surface area contributed by atoms with Crippen molar-refractivity contribution in [3.8, 4) is 11.5 Å². The smallest absolute Gasteiger partial charge is 0.335 e. The lowest BCUT2D eigenvalue weighted by molar-refractivity contribution is -0.151. The minimum Gasteiger partial charge on any atom is -0.493 e. The number of methoxy groups -OCH3 is 2. The molecular formula is C21H28N2O5. The van der Waals surface area contributed by atoms with Crippen LogP contribution in [0.5, 0.6) is 11.5 Å². The van der Waals surface area contributed by atoms with Crippen LogP contribution in [0.2, 0.25) is 0 Å². The predicted molar refractivity (Wildman–Crippen MR) is 106 cm³/mol. The maximum absolute atomic E-state index is 13.1. The van der Waals surface area contributed by atoms with Crippen molar-refractivity contribution < 1.29 is 23.8 Å². The lowest BCUT2D eigenvalue weighted by Crippen LogP contribution is -2.49. The summed E-state index contributed by atoms with van der Waals surface area (Å²) in [4.78, 5) is 27.8. The molecule has 0 atom stereocenters. The van der Waals surface area contributed by atoms with Crippen LogP contribution in [0, 0.1) is 0 Å². The minimum atomic E-state index is -0.840. The van der Waals surface area contributed by atoms with Gasteiger partial charge < -0.3 is 24.4 Å². The number of likely N-dealkylation sites (tertiary alicyclic amines) is 1. The highest BCUT2D eigenvalue weighted by atomic mass is 16.6. The molecule has 2 heterocycles. The lowest BCUT2D eigenvalue weighted by atomic mass is 9.82. The molecule has 7 heteroatoms. The fraction of sp³-hybridized carbons (Fsp3) is 0.524. The molecular weight excluding hydrogens is 360 g/mol. The molecule has 2 aliphatic heterocycles. The van der Waals surface area contributed by atoms with Crippen molar-refractivity contribution in [1.29, 1.82) is 0 Å². The van der Waals surface area contributed by atoms with Gasteiger partial charge in [0, 0.05) is 49.3 Å². The molecule has 1 amide bonds. The molecule has 1 fully saturated rings. The normalized spacial score (nSPS) is 19.1. The Morgan fingerprint density at radius 2 is 1.82 bits per heavy atom. The van der Waals surface area contributed by atoms with Gasteiger partial charge in [0.1, 0.15) is 5.60 Å². The summed E-state index contributed by atoms with van der Waals surface area (Å²) in [5.74, 6) is 0.376. The van der Waals surface area contributed by atoms with Gasteiger partial charge in [0.2, 0.25) is 0 Å². The zero-order valence-electron chi connectivity index (χ0n) is 17.1. The Labute approximate surface area is 165 Å². The van der Waals surface area contributed by atoms with Crippen LogP contribution in [0.25, 0.3) is 0 Å². The average molecular weight is 388 g/mol. The van der Waals surface area contributed by atoms with E-state index in [2.05, 4.69) is 24.1 Å². The second-order valence-corrected chi connectivity index (χ2v) is 7.54. The summed E-state index contributed by atoms with van der Waals surface area (Å²) in [6, 6.07) is 5.57. The fourth-order valence-corrected chi connectivity index (χ4v) is 3.99. The maximum atomic E-state index is 13.1. The maximum Gasteiger partial charge on any atom is 0.335 e. The molecule has 1 saturated heterocycles. The van der Waals surface area contributed by atoms with Crippen LogP contribution in [0.4, 0.5) is 5.69 Å². The van der Waals surface area contributed by atoms with Gasteiger partial charge in [0.05, 0.1) is 19.8 Å². The van der Waals surface area contributed by atoms with E-state index in [1.54, 1.807) is 32.2 Å². The summed E-state index contributed by atoms with van der Waals surface area (Å²) in [5, 5.41) is 2.89. The van der Waals surface area contributed by atoms with E-state index in [4.69, 9.17) is 14.2 Å². The zero-order chi connectivity index (χ0) is 20.5. The van der Waals surface area contributed by atoms with Crippen molar-refractivity contribution in [3.05, 3.63) is 29.3 Å². The van der Waals surface area contributed by atoms with Gasteiger partial charge in [0.15, 0.2) is 11.5 Å². The van der Waals surface area contributed by atoms with E-state index >= 15 is 0 Å². The van der Waals surface area contributed by atoms with Crippen molar-refractivity contribution in [2.45, 2.75) is 45.3 Å². The van der Waals surface area contributed by atoms with E-state index in [9.17, 15) is 9.59 Å². The number of rotatable bonds is 5. The van der Waals surface area contributed by atoms with Crippen LogP contribution in [-0.4, -0.2) is 55.7 Å². The molecule has 1 aromatic rings. The second-order valence-electron chi connectivity index (χ2n) is 7.54. The van der Waals surface area contributed by atoms with Gasteiger partial charge in [-0.2, -0.15) is 0 Å². The number of esters is 1. The van der Waals surface area contributed by atoms with Crippen LogP contribution in [0.15, 0.2) is 29.3 Å². The molecule has 0 unspecified atom stereocenters. The molecule has 3 rings (SSSR count). The van der Waals surface area contributed by atoms with Gasteiger partial charge in [-0.1, -0.05) is 0 Å². The Kier molecular flexibility index (Phi) is 5.65. The van der Waals surface area contributed by atoms with E-state index in [1.165, 1.54) is 7.11 Å². The Hall–Kier alpha value is -2.54. The fourth-order valence-electron chi connectivity index (χ4n) is 3.99. The molecule has 28 heavy (non-hydrogen) atoms. The first-order valence-corrected chi connectivity index (χ1v) is 9.53. The summed E-state index contributed by atoms with van der Waals surface area (Å²) in [6.45, 7) is 7.51. The van der Waals surface area contributed by atoms with Gasteiger partial charge in [-0.3, -0.25) is 4.79 Å². The van der Waals surface area contributed by atoms with Gasteiger partial charge >= 0.3 is 5.97 Å². The standard InChI is InChI=1S/C21H28N2O5/c1-13(2)23-10-8-21(9-11-23)18(14(3)20(25)28-21)19(24)22-15-6-7-16(26-4)17(12-15)27-5/h6-7,12-13H,8-11H2,1-5H3,(H,22,24). The van der Waals surface area contributed by atoms with Gasteiger partial charge in [-0.15, -0.1) is 0 Å². The number of piperidine rings is 1. The third kappa shape index (κ3) is 3.58. The van der Waals surface area contributed by atoms with Crippen LogP contribution in [-0.2, 0) is 14.3 Å².